The van der Waals surface area contributed by atoms with Crippen LogP contribution in [0, 0.1) is 0 Å². The smallest absolute Gasteiger partial charge is 0.0761 e. The van der Waals surface area contributed by atoms with Crippen LogP contribution in [0.1, 0.15) is 16.5 Å². The van der Waals surface area contributed by atoms with E-state index >= 15 is 0 Å². The van der Waals surface area contributed by atoms with Crippen LogP contribution in [0.2, 0.25) is 0 Å². The second-order valence-corrected chi connectivity index (χ2v) is 6.62. The molecule has 1 aromatic carbocycles. The van der Waals surface area contributed by atoms with Gasteiger partial charge >= 0.3 is 0 Å². The number of thiophene rings is 1. The summed E-state index contributed by atoms with van der Waals surface area (Å²) in [5.41, 5.74) is 1.94. The topological polar surface area (TPSA) is 45.1 Å². The van der Waals surface area contributed by atoms with Gasteiger partial charge in [-0.05, 0) is 29.1 Å². The molecule has 1 atom stereocenters. The van der Waals surface area contributed by atoms with Crippen molar-refractivity contribution < 1.29 is 5.11 Å². The second kappa shape index (κ2) is 6.66. The first-order valence-corrected chi connectivity index (χ1v) is 8.36. The number of aliphatic hydroxyl groups is 1. The fraction of sp³-hybridized carbons (Fsp3) is 0.188. The van der Waals surface area contributed by atoms with E-state index in [2.05, 4.69) is 37.7 Å². The predicted octanol–water partition coefficient (Wildman–Crippen LogP) is 3.88. The van der Waals surface area contributed by atoms with Crippen molar-refractivity contribution in [3.8, 4) is 0 Å². The van der Waals surface area contributed by atoms with Crippen LogP contribution in [0.4, 0.5) is 0 Å². The molecule has 0 radical (unpaired) electrons. The number of fused-ring (bicyclic) bond motifs is 1. The molecule has 0 spiro atoms. The fourth-order valence-electron chi connectivity index (χ4n) is 2.35. The molecule has 0 saturated carbocycles. The number of nitrogens with one attached hydrogen (secondary N) is 1. The molecule has 3 nitrogen and oxygen atoms in total. The molecule has 0 amide bonds. The highest BCUT2D eigenvalue weighted by molar-refractivity contribution is 9.10. The van der Waals surface area contributed by atoms with Gasteiger partial charge in [0, 0.05) is 27.5 Å². The number of nitrogens with zero attached hydrogens (tertiary/aromatic N) is 1. The van der Waals surface area contributed by atoms with E-state index in [9.17, 15) is 5.11 Å². The highest BCUT2D eigenvalue weighted by Crippen LogP contribution is 2.28. The quantitative estimate of drug-likeness (QED) is 0.723. The largest absolute Gasteiger partial charge is 0.394 e. The SMILES string of the molecule is OCC(NCc1cccs1)c1ccc(Br)c2cccnc12. The van der Waals surface area contributed by atoms with Gasteiger partial charge in [-0.15, -0.1) is 11.3 Å². The van der Waals surface area contributed by atoms with Crippen LogP contribution in [-0.4, -0.2) is 16.7 Å². The maximum Gasteiger partial charge on any atom is 0.0761 e. The maximum atomic E-state index is 9.74. The number of rotatable bonds is 5. The van der Waals surface area contributed by atoms with Crippen molar-refractivity contribution >= 4 is 38.2 Å². The molecule has 0 fully saturated rings. The number of aromatic nitrogens is 1. The van der Waals surface area contributed by atoms with E-state index in [0.29, 0.717) is 0 Å². The van der Waals surface area contributed by atoms with Crippen molar-refractivity contribution in [2.45, 2.75) is 12.6 Å². The third-order valence-corrected chi connectivity index (χ3v) is 4.98. The molecule has 0 bridgehead atoms. The molecule has 5 heteroatoms. The van der Waals surface area contributed by atoms with E-state index in [4.69, 9.17) is 0 Å². The highest BCUT2D eigenvalue weighted by Gasteiger charge is 2.15. The molecule has 2 heterocycles. The van der Waals surface area contributed by atoms with Gasteiger partial charge in [-0.3, -0.25) is 4.98 Å². The van der Waals surface area contributed by atoms with Gasteiger partial charge in [0.1, 0.15) is 0 Å². The Morgan fingerprint density at radius 2 is 2.14 bits per heavy atom. The molecule has 108 valence electrons. The summed E-state index contributed by atoms with van der Waals surface area (Å²) in [5, 5.41) is 16.3. The van der Waals surface area contributed by atoms with Gasteiger partial charge in [0.05, 0.1) is 18.2 Å². The number of benzene rings is 1. The van der Waals surface area contributed by atoms with Gasteiger partial charge in [-0.25, -0.2) is 0 Å². The number of halogens is 1. The number of aliphatic hydroxyl groups excluding tert-OH is 1. The third-order valence-electron chi connectivity index (χ3n) is 3.41. The van der Waals surface area contributed by atoms with Gasteiger partial charge in [0.25, 0.3) is 0 Å². The van der Waals surface area contributed by atoms with Crippen LogP contribution in [0.25, 0.3) is 10.9 Å². The van der Waals surface area contributed by atoms with E-state index in [1.54, 1.807) is 17.5 Å². The molecular formula is C16H15BrN2OS. The van der Waals surface area contributed by atoms with E-state index < -0.39 is 0 Å². The molecule has 0 aliphatic heterocycles. The monoisotopic (exact) mass is 362 g/mol. The van der Waals surface area contributed by atoms with Gasteiger partial charge in [-0.2, -0.15) is 0 Å². The van der Waals surface area contributed by atoms with Crippen LogP contribution >= 0.6 is 27.3 Å². The van der Waals surface area contributed by atoms with Crippen molar-refractivity contribution in [3.05, 3.63) is 62.9 Å². The lowest BCUT2D eigenvalue weighted by atomic mass is 10.0. The summed E-state index contributed by atoms with van der Waals surface area (Å²) in [6.07, 6.45) is 1.78. The minimum atomic E-state index is -0.127. The molecule has 0 saturated heterocycles. The molecule has 0 aliphatic carbocycles. The molecule has 3 aromatic rings. The van der Waals surface area contributed by atoms with Crippen molar-refractivity contribution in [1.82, 2.24) is 10.3 Å². The molecular weight excluding hydrogens is 348 g/mol. The minimum absolute atomic E-state index is 0.0404. The summed E-state index contributed by atoms with van der Waals surface area (Å²) in [4.78, 5) is 5.73. The molecule has 1 unspecified atom stereocenters. The average Bonchev–Trinajstić information content (AvgIpc) is 3.03. The van der Waals surface area contributed by atoms with E-state index in [1.807, 2.05) is 30.3 Å². The number of hydrogen-bond donors (Lipinski definition) is 2. The van der Waals surface area contributed by atoms with Crippen LogP contribution in [0.15, 0.2) is 52.4 Å². The predicted molar refractivity (Wildman–Crippen MR) is 90.4 cm³/mol. The van der Waals surface area contributed by atoms with Crippen molar-refractivity contribution in [3.63, 3.8) is 0 Å². The highest BCUT2D eigenvalue weighted by atomic mass is 79.9. The van der Waals surface area contributed by atoms with Crippen LogP contribution < -0.4 is 5.32 Å². The fourth-order valence-corrected chi connectivity index (χ4v) is 3.46. The third kappa shape index (κ3) is 3.16. The number of pyridine rings is 1. The Balaban J connectivity index is 1.91. The summed E-state index contributed by atoms with van der Waals surface area (Å²) in [5.74, 6) is 0. The molecule has 3 rings (SSSR count). The van der Waals surface area contributed by atoms with Crippen molar-refractivity contribution in [2.24, 2.45) is 0 Å². The lowest BCUT2D eigenvalue weighted by Gasteiger charge is -2.18. The Hall–Kier alpha value is -1.27. The van der Waals surface area contributed by atoms with Crippen LogP contribution in [-0.2, 0) is 6.54 Å². The lowest BCUT2D eigenvalue weighted by Crippen LogP contribution is -2.24. The Kier molecular flexibility index (Phi) is 4.65. The van der Waals surface area contributed by atoms with E-state index in [-0.39, 0.29) is 12.6 Å². The maximum absolute atomic E-state index is 9.74. The molecule has 21 heavy (non-hydrogen) atoms. The zero-order valence-electron chi connectivity index (χ0n) is 11.3. The summed E-state index contributed by atoms with van der Waals surface area (Å²) in [7, 11) is 0. The molecule has 2 aromatic heterocycles. The summed E-state index contributed by atoms with van der Waals surface area (Å²) in [6, 6.07) is 12.0. The average molecular weight is 363 g/mol. The Morgan fingerprint density at radius 3 is 2.90 bits per heavy atom. The standard InChI is InChI=1S/C16H15BrN2OS/c17-14-6-5-13(16-12(14)4-1-7-18-16)15(10-20)19-9-11-3-2-8-21-11/h1-8,15,19-20H,9-10H2. The zero-order chi connectivity index (χ0) is 14.7. The van der Waals surface area contributed by atoms with Gasteiger partial charge in [0.15, 0.2) is 0 Å². The Bertz CT molecular complexity index is 730. The Morgan fingerprint density at radius 1 is 1.24 bits per heavy atom. The summed E-state index contributed by atoms with van der Waals surface area (Å²) in [6.45, 7) is 0.784. The van der Waals surface area contributed by atoms with E-state index in [1.165, 1.54) is 4.88 Å². The normalized spacial score (nSPS) is 12.7. The molecule has 2 N–H and O–H groups in total. The van der Waals surface area contributed by atoms with Gasteiger partial charge < -0.3 is 10.4 Å². The second-order valence-electron chi connectivity index (χ2n) is 4.73. The number of hydrogen-bond acceptors (Lipinski definition) is 4. The van der Waals surface area contributed by atoms with Crippen molar-refractivity contribution in [2.75, 3.05) is 6.61 Å². The Labute approximate surface area is 135 Å². The summed E-state index contributed by atoms with van der Waals surface area (Å²) < 4.78 is 1.02. The van der Waals surface area contributed by atoms with Gasteiger partial charge in [0.2, 0.25) is 0 Å². The van der Waals surface area contributed by atoms with Gasteiger partial charge in [-0.1, -0.05) is 34.1 Å². The zero-order valence-corrected chi connectivity index (χ0v) is 13.7. The van der Waals surface area contributed by atoms with Crippen LogP contribution in [0.3, 0.4) is 0 Å². The first kappa shape index (κ1) is 14.7. The lowest BCUT2D eigenvalue weighted by molar-refractivity contribution is 0.244. The summed E-state index contributed by atoms with van der Waals surface area (Å²) >= 11 is 5.26. The molecule has 0 aliphatic rings. The first-order valence-electron chi connectivity index (χ1n) is 6.69. The minimum Gasteiger partial charge on any atom is -0.394 e. The van der Waals surface area contributed by atoms with Crippen LogP contribution in [0.5, 0.6) is 0 Å². The van der Waals surface area contributed by atoms with E-state index in [0.717, 1.165) is 27.5 Å². The van der Waals surface area contributed by atoms with Crippen molar-refractivity contribution in [1.29, 1.82) is 0 Å². The first-order chi connectivity index (χ1) is 10.3.